The molecular formula is C15H14N4. The van der Waals surface area contributed by atoms with Crippen molar-refractivity contribution in [3.8, 4) is 0 Å². The Kier molecular flexibility index (Phi) is 3.06. The van der Waals surface area contributed by atoms with E-state index in [-0.39, 0.29) is 6.04 Å². The van der Waals surface area contributed by atoms with Crippen molar-refractivity contribution < 1.29 is 0 Å². The number of benzene rings is 1. The minimum absolute atomic E-state index is 0.0968. The standard InChI is InChI=1S/C15H14N4/c1-11(13-7-4-5-9-16-13)19-15-12-6-2-3-8-14(12)17-10-18-15/h2-11H,1H3,(H,17,18,19). The maximum Gasteiger partial charge on any atom is 0.137 e. The molecule has 1 aromatic carbocycles. The molecular weight excluding hydrogens is 236 g/mol. The highest BCUT2D eigenvalue weighted by Crippen LogP contribution is 2.22. The van der Waals surface area contributed by atoms with Crippen LogP contribution in [0.4, 0.5) is 5.82 Å². The lowest BCUT2D eigenvalue weighted by atomic mass is 10.2. The molecule has 0 spiro atoms. The van der Waals surface area contributed by atoms with E-state index in [4.69, 9.17) is 0 Å². The molecule has 0 radical (unpaired) electrons. The molecule has 0 bridgehead atoms. The number of anilines is 1. The van der Waals surface area contributed by atoms with Crippen LogP contribution in [0, 0.1) is 0 Å². The third-order valence-corrected chi connectivity index (χ3v) is 3.03. The van der Waals surface area contributed by atoms with Crippen molar-refractivity contribution in [2.24, 2.45) is 0 Å². The van der Waals surface area contributed by atoms with E-state index in [2.05, 4.69) is 27.2 Å². The largest absolute Gasteiger partial charge is 0.361 e. The van der Waals surface area contributed by atoms with Crippen LogP contribution in [0.2, 0.25) is 0 Å². The molecule has 19 heavy (non-hydrogen) atoms. The summed E-state index contributed by atoms with van der Waals surface area (Å²) in [6.45, 7) is 2.07. The number of nitrogens with one attached hydrogen (secondary N) is 1. The van der Waals surface area contributed by atoms with Crippen LogP contribution in [-0.4, -0.2) is 15.0 Å². The topological polar surface area (TPSA) is 50.7 Å². The van der Waals surface area contributed by atoms with Crippen LogP contribution in [-0.2, 0) is 0 Å². The van der Waals surface area contributed by atoms with Gasteiger partial charge in [0.2, 0.25) is 0 Å². The van der Waals surface area contributed by atoms with Crippen LogP contribution < -0.4 is 5.32 Å². The molecule has 0 fully saturated rings. The lowest BCUT2D eigenvalue weighted by Crippen LogP contribution is -2.09. The van der Waals surface area contributed by atoms with Gasteiger partial charge in [0, 0.05) is 11.6 Å². The average molecular weight is 250 g/mol. The number of aromatic nitrogens is 3. The van der Waals surface area contributed by atoms with Crippen molar-refractivity contribution in [3.05, 3.63) is 60.7 Å². The van der Waals surface area contributed by atoms with Crippen LogP contribution in [0.15, 0.2) is 55.0 Å². The molecule has 1 unspecified atom stereocenters. The van der Waals surface area contributed by atoms with Gasteiger partial charge in [0.15, 0.2) is 0 Å². The van der Waals surface area contributed by atoms with E-state index in [1.807, 2.05) is 42.5 Å². The van der Waals surface area contributed by atoms with Crippen molar-refractivity contribution >= 4 is 16.7 Å². The van der Waals surface area contributed by atoms with Gasteiger partial charge in [-0.2, -0.15) is 0 Å². The van der Waals surface area contributed by atoms with E-state index in [0.29, 0.717) is 0 Å². The Morgan fingerprint density at radius 2 is 1.79 bits per heavy atom. The third kappa shape index (κ3) is 2.38. The average Bonchev–Trinajstić information content (AvgIpc) is 2.48. The van der Waals surface area contributed by atoms with Gasteiger partial charge in [-0.05, 0) is 31.2 Å². The number of para-hydroxylation sites is 1. The molecule has 4 nitrogen and oxygen atoms in total. The molecule has 0 saturated heterocycles. The summed E-state index contributed by atoms with van der Waals surface area (Å²) in [5.74, 6) is 0.837. The third-order valence-electron chi connectivity index (χ3n) is 3.03. The van der Waals surface area contributed by atoms with Gasteiger partial charge in [-0.15, -0.1) is 0 Å². The summed E-state index contributed by atoms with van der Waals surface area (Å²) >= 11 is 0. The second-order valence-electron chi connectivity index (χ2n) is 4.36. The molecule has 1 atom stereocenters. The van der Waals surface area contributed by atoms with E-state index < -0.39 is 0 Å². The lowest BCUT2D eigenvalue weighted by molar-refractivity contribution is 0.833. The highest BCUT2D eigenvalue weighted by atomic mass is 15.0. The fraction of sp³-hybridized carbons (Fsp3) is 0.133. The van der Waals surface area contributed by atoms with Crippen LogP contribution >= 0.6 is 0 Å². The van der Waals surface area contributed by atoms with Crippen molar-refractivity contribution in [2.45, 2.75) is 13.0 Å². The Balaban J connectivity index is 1.94. The zero-order valence-corrected chi connectivity index (χ0v) is 10.6. The molecule has 2 aromatic heterocycles. The number of hydrogen-bond acceptors (Lipinski definition) is 4. The van der Waals surface area contributed by atoms with Crippen molar-refractivity contribution in [3.63, 3.8) is 0 Å². The first kappa shape index (κ1) is 11.6. The maximum atomic E-state index is 4.35. The van der Waals surface area contributed by atoms with E-state index >= 15 is 0 Å². The molecule has 0 saturated carbocycles. The minimum atomic E-state index is 0.0968. The molecule has 0 amide bonds. The smallest absolute Gasteiger partial charge is 0.137 e. The molecule has 0 aliphatic rings. The number of pyridine rings is 1. The van der Waals surface area contributed by atoms with Gasteiger partial charge >= 0.3 is 0 Å². The SMILES string of the molecule is CC(Nc1ncnc2ccccc12)c1ccccn1. The van der Waals surface area contributed by atoms with Gasteiger partial charge in [0.1, 0.15) is 12.1 Å². The Labute approximate surface area is 111 Å². The van der Waals surface area contributed by atoms with Gasteiger partial charge in [0.05, 0.1) is 17.3 Å². The normalized spacial score (nSPS) is 12.3. The summed E-state index contributed by atoms with van der Waals surface area (Å²) in [5.41, 5.74) is 1.93. The van der Waals surface area contributed by atoms with E-state index in [9.17, 15) is 0 Å². The second-order valence-corrected chi connectivity index (χ2v) is 4.36. The molecule has 0 aliphatic carbocycles. The predicted molar refractivity (Wildman–Crippen MR) is 75.8 cm³/mol. The predicted octanol–water partition coefficient (Wildman–Crippen LogP) is 3.20. The van der Waals surface area contributed by atoms with Gasteiger partial charge in [-0.3, -0.25) is 4.98 Å². The summed E-state index contributed by atoms with van der Waals surface area (Å²) in [5, 5.41) is 4.41. The first-order valence-corrected chi connectivity index (χ1v) is 6.22. The van der Waals surface area contributed by atoms with Gasteiger partial charge in [-0.25, -0.2) is 9.97 Å². The number of fused-ring (bicyclic) bond motifs is 1. The first-order chi connectivity index (χ1) is 9.34. The Hall–Kier alpha value is -2.49. The molecule has 1 N–H and O–H groups in total. The molecule has 3 rings (SSSR count). The van der Waals surface area contributed by atoms with Crippen LogP contribution in [0.25, 0.3) is 10.9 Å². The highest BCUT2D eigenvalue weighted by molar-refractivity contribution is 5.88. The molecule has 94 valence electrons. The van der Waals surface area contributed by atoms with Crippen LogP contribution in [0.3, 0.4) is 0 Å². The van der Waals surface area contributed by atoms with E-state index in [0.717, 1.165) is 22.4 Å². The van der Waals surface area contributed by atoms with Crippen LogP contribution in [0.5, 0.6) is 0 Å². The van der Waals surface area contributed by atoms with Crippen molar-refractivity contribution in [1.82, 2.24) is 15.0 Å². The fourth-order valence-corrected chi connectivity index (χ4v) is 2.03. The van der Waals surface area contributed by atoms with Gasteiger partial charge < -0.3 is 5.32 Å². The summed E-state index contributed by atoms with van der Waals surface area (Å²) < 4.78 is 0. The Bertz CT molecular complexity index is 677. The van der Waals surface area contributed by atoms with Crippen LogP contribution in [0.1, 0.15) is 18.7 Å². The second kappa shape index (κ2) is 5.02. The van der Waals surface area contributed by atoms with E-state index in [1.54, 1.807) is 12.5 Å². The summed E-state index contributed by atoms with van der Waals surface area (Å²) in [7, 11) is 0. The fourth-order valence-electron chi connectivity index (χ4n) is 2.03. The molecule has 2 heterocycles. The summed E-state index contributed by atoms with van der Waals surface area (Å²) in [6, 6.07) is 14.0. The Morgan fingerprint density at radius 3 is 2.63 bits per heavy atom. The summed E-state index contributed by atoms with van der Waals surface area (Å²) in [4.78, 5) is 12.9. The number of hydrogen-bond donors (Lipinski definition) is 1. The number of nitrogens with zero attached hydrogens (tertiary/aromatic N) is 3. The molecule has 4 heteroatoms. The quantitative estimate of drug-likeness (QED) is 0.775. The van der Waals surface area contributed by atoms with Gasteiger partial charge in [0.25, 0.3) is 0 Å². The van der Waals surface area contributed by atoms with Crippen molar-refractivity contribution in [1.29, 1.82) is 0 Å². The zero-order valence-electron chi connectivity index (χ0n) is 10.6. The zero-order chi connectivity index (χ0) is 13.1. The summed E-state index contributed by atoms with van der Waals surface area (Å²) in [6.07, 6.45) is 3.38. The maximum absolute atomic E-state index is 4.35. The first-order valence-electron chi connectivity index (χ1n) is 6.22. The Morgan fingerprint density at radius 1 is 0.947 bits per heavy atom. The molecule has 0 aliphatic heterocycles. The monoisotopic (exact) mass is 250 g/mol. The van der Waals surface area contributed by atoms with Crippen molar-refractivity contribution in [2.75, 3.05) is 5.32 Å². The lowest BCUT2D eigenvalue weighted by Gasteiger charge is -2.15. The highest BCUT2D eigenvalue weighted by Gasteiger charge is 2.09. The molecule has 3 aromatic rings. The van der Waals surface area contributed by atoms with Gasteiger partial charge in [-0.1, -0.05) is 18.2 Å². The minimum Gasteiger partial charge on any atom is -0.361 e. The van der Waals surface area contributed by atoms with E-state index in [1.165, 1.54) is 0 Å². The number of rotatable bonds is 3.